The second kappa shape index (κ2) is 7.34. The first kappa shape index (κ1) is 17.8. The molecule has 1 saturated heterocycles. The largest absolute Gasteiger partial charge is 0.507 e. The van der Waals surface area contributed by atoms with Crippen molar-refractivity contribution in [1.29, 1.82) is 0 Å². The van der Waals surface area contributed by atoms with Gasteiger partial charge in [-0.3, -0.25) is 4.79 Å². The smallest absolute Gasteiger partial charge is 0.342 e. The lowest BCUT2D eigenvalue weighted by atomic mass is 9.97. The molecule has 1 aliphatic rings. The minimum Gasteiger partial charge on any atom is -0.507 e. The van der Waals surface area contributed by atoms with E-state index in [4.69, 9.17) is 4.74 Å². The van der Waals surface area contributed by atoms with Crippen molar-refractivity contribution in [3.05, 3.63) is 28.2 Å². The van der Waals surface area contributed by atoms with Crippen LogP contribution in [-0.2, 0) is 9.53 Å². The zero-order valence-electron chi connectivity index (χ0n) is 13.6. The molecule has 0 bridgehead atoms. The second-order valence-electron chi connectivity index (χ2n) is 6.08. The number of ether oxygens (including phenoxy) is 1. The highest BCUT2D eigenvalue weighted by Gasteiger charge is 2.33. The molecular weight excluding hydrogens is 362 g/mol. The highest BCUT2D eigenvalue weighted by Crippen LogP contribution is 2.25. The van der Waals surface area contributed by atoms with Crippen molar-refractivity contribution in [2.24, 2.45) is 0 Å². The molecule has 1 aromatic rings. The predicted molar refractivity (Wildman–Crippen MR) is 90.3 cm³/mol. The van der Waals surface area contributed by atoms with Gasteiger partial charge in [-0.2, -0.15) is 0 Å². The van der Waals surface area contributed by atoms with Gasteiger partial charge in [-0.05, 0) is 58.2 Å². The molecule has 1 fully saturated rings. The number of hydrogen-bond donors (Lipinski definition) is 1. The molecule has 3 atom stereocenters. The Kier molecular flexibility index (Phi) is 5.68. The SMILES string of the molecule is C[C@@H]1CCC[C@H](C)N1C(=O)[C@@H](C)OC(=O)c1cc(Br)ccc1O. The van der Waals surface area contributed by atoms with Crippen molar-refractivity contribution >= 4 is 27.8 Å². The van der Waals surface area contributed by atoms with Gasteiger partial charge >= 0.3 is 5.97 Å². The molecule has 0 unspecified atom stereocenters. The molecule has 2 rings (SSSR count). The van der Waals surface area contributed by atoms with Gasteiger partial charge in [0.2, 0.25) is 0 Å². The lowest BCUT2D eigenvalue weighted by Crippen LogP contribution is -2.51. The van der Waals surface area contributed by atoms with Crippen molar-refractivity contribution in [3.8, 4) is 5.75 Å². The number of phenolic OH excluding ortho intramolecular Hbond substituents is 1. The van der Waals surface area contributed by atoms with Crippen LogP contribution in [0.1, 0.15) is 50.4 Å². The van der Waals surface area contributed by atoms with E-state index in [9.17, 15) is 14.7 Å². The Hall–Kier alpha value is -1.56. The fraction of sp³-hybridized carbons (Fsp3) is 0.529. The van der Waals surface area contributed by atoms with Gasteiger partial charge < -0.3 is 14.7 Å². The number of rotatable bonds is 3. The Morgan fingerprint density at radius 1 is 1.30 bits per heavy atom. The van der Waals surface area contributed by atoms with Gasteiger partial charge in [0, 0.05) is 16.6 Å². The first-order valence-corrected chi connectivity index (χ1v) is 8.62. The summed E-state index contributed by atoms with van der Waals surface area (Å²) in [5.41, 5.74) is 0.0405. The average molecular weight is 384 g/mol. The predicted octanol–water partition coefficient (Wildman–Crippen LogP) is 3.49. The molecule has 5 nitrogen and oxygen atoms in total. The maximum Gasteiger partial charge on any atom is 0.342 e. The second-order valence-corrected chi connectivity index (χ2v) is 7.00. The molecule has 0 spiro atoms. The molecule has 0 radical (unpaired) electrons. The van der Waals surface area contributed by atoms with Crippen LogP contribution < -0.4 is 0 Å². The number of benzene rings is 1. The first-order valence-electron chi connectivity index (χ1n) is 7.83. The normalized spacial score (nSPS) is 22.5. The molecule has 1 amide bonds. The quantitative estimate of drug-likeness (QED) is 0.811. The zero-order valence-corrected chi connectivity index (χ0v) is 15.2. The van der Waals surface area contributed by atoms with Crippen LogP contribution in [0.15, 0.2) is 22.7 Å². The van der Waals surface area contributed by atoms with Crippen LogP contribution in [0.4, 0.5) is 0 Å². The summed E-state index contributed by atoms with van der Waals surface area (Å²) in [4.78, 5) is 26.6. The van der Waals surface area contributed by atoms with Crippen LogP contribution in [0.2, 0.25) is 0 Å². The topological polar surface area (TPSA) is 66.8 Å². The average Bonchev–Trinajstić information content (AvgIpc) is 2.49. The van der Waals surface area contributed by atoms with Gasteiger partial charge in [0.15, 0.2) is 6.10 Å². The van der Waals surface area contributed by atoms with E-state index in [1.165, 1.54) is 12.1 Å². The third kappa shape index (κ3) is 4.05. The van der Waals surface area contributed by atoms with Crippen LogP contribution in [0.25, 0.3) is 0 Å². The van der Waals surface area contributed by atoms with Gasteiger partial charge in [0.1, 0.15) is 11.3 Å². The molecule has 1 N–H and O–H groups in total. The standard InChI is InChI=1S/C17H22BrNO4/c1-10-5-4-6-11(2)19(10)16(21)12(3)23-17(22)14-9-13(18)7-8-15(14)20/h7-12,20H,4-6H2,1-3H3/t10-,11+,12-/m1/s1. The van der Waals surface area contributed by atoms with Gasteiger partial charge in [0.05, 0.1) is 0 Å². The maximum atomic E-state index is 12.6. The van der Waals surface area contributed by atoms with E-state index < -0.39 is 12.1 Å². The molecule has 0 aliphatic carbocycles. The Balaban J connectivity index is 2.08. The molecule has 0 saturated carbocycles. The number of amides is 1. The van der Waals surface area contributed by atoms with Gasteiger partial charge in [-0.15, -0.1) is 0 Å². The first-order chi connectivity index (χ1) is 10.8. The van der Waals surface area contributed by atoms with Gasteiger partial charge in [-0.1, -0.05) is 15.9 Å². The summed E-state index contributed by atoms with van der Waals surface area (Å²) < 4.78 is 5.93. The van der Waals surface area contributed by atoms with E-state index in [-0.39, 0.29) is 29.3 Å². The molecule has 1 heterocycles. The van der Waals surface area contributed by atoms with E-state index in [0.29, 0.717) is 4.47 Å². The number of phenols is 1. The third-order valence-electron chi connectivity index (χ3n) is 4.26. The fourth-order valence-corrected chi connectivity index (χ4v) is 3.37. The minimum absolute atomic E-state index is 0.0405. The van der Waals surface area contributed by atoms with Crippen LogP contribution >= 0.6 is 15.9 Å². The molecular formula is C17H22BrNO4. The number of halogens is 1. The Bertz CT molecular complexity index is 594. The lowest BCUT2D eigenvalue weighted by Gasteiger charge is -2.40. The van der Waals surface area contributed by atoms with Crippen molar-refractivity contribution < 1.29 is 19.4 Å². The number of aromatic hydroxyl groups is 1. The monoisotopic (exact) mass is 383 g/mol. The van der Waals surface area contributed by atoms with Crippen molar-refractivity contribution in [2.75, 3.05) is 0 Å². The molecule has 23 heavy (non-hydrogen) atoms. The summed E-state index contributed by atoms with van der Waals surface area (Å²) in [5.74, 6) is -1.06. The van der Waals surface area contributed by atoms with Gasteiger partial charge in [0.25, 0.3) is 5.91 Å². The highest BCUT2D eigenvalue weighted by atomic mass is 79.9. The summed E-state index contributed by atoms with van der Waals surface area (Å²) in [6.45, 7) is 5.60. The van der Waals surface area contributed by atoms with Crippen LogP contribution in [0.5, 0.6) is 5.75 Å². The van der Waals surface area contributed by atoms with Gasteiger partial charge in [-0.25, -0.2) is 4.79 Å². The maximum absolute atomic E-state index is 12.6. The van der Waals surface area contributed by atoms with E-state index >= 15 is 0 Å². The molecule has 126 valence electrons. The molecule has 6 heteroatoms. The summed E-state index contributed by atoms with van der Waals surface area (Å²) in [6.07, 6.45) is 2.14. The summed E-state index contributed by atoms with van der Waals surface area (Å²) in [5, 5.41) is 9.77. The van der Waals surface area contributed by atoms with Crippen LogP contribution in [-0.4, -0.2) is 40.1 Å². The molecule has 1 aromatic carbocycles. The highest BCUT2D eigenvalue weighted by molar-refractivity contribution is 9.10. The van der Waals surface area contributed by atoms with Crippen molar-refractivity contribution in [1.82, 2.24) is 4.90 Å². The van der Waals surface area contributed by atoms with E-state index in [2.05, 4.69) is 15.9 Å². The Morgan fingerprint density at radius 3 is 2.52 bits per heavy atom. The number of nitrogens with zero attached hydrogens (tertiary/aromatic N) is 1. The number of likely N-dealkylation sites (tertiary alicyclic amines) is 1. The minimum atomic E-state index is -0.885. The number of piperidine rings is 1. The van der Waals surface area contributed by atoms with E-state index in [1.807, 2.05) is 18.7 Å². The lowest BCUT2D eigenvalue weighted by molar-refractivity contribution is -0.146. The fourth-order valence-electron chi connectivity index (χ4n) is 3.01. The van der Waals surface area contributed by atoms with Crippen molar-refractivity contribution in [3.63, 3.8) is 0 Å². The summed E-state index contributed by atoms with van der Waals surface area (Å²) in [7, 11) is 0. The zero-order chi connectivity index (χ0) is 17.1. The number of hydrogen-bond acceptors (Lipinski definition) is 4. The van der Waals surface area contributed by atoms with Crippen molar-refractivity contribution in [2.45, 2.75) is 58.2 Å². The number of esters is 1. The summed E-state index contributed by atoms with van der Waals surface area (Å²) in [6, 6.07) is 4.79. The van der Waals surface area contributed by atoms with E-state index in [1.54, 1.807) is 13.0 Å². The molecule has 0 aromatic heterocycles. The molecule has 1 aliphatic heterocycles. The van der Waals surface area contributed by atoms with E-state index in [0.717, 1.165) is 19.3 Å². The van der Waals surface area contributed by atoms with Crippen LogP contribution in [0, 0.1) is 0 Å². The van der Waals surface area contributed by atoms with Crippen LogP contribution in [0.3, 0.4) is 0 Å². The number of carbonyl (C=O) groups is 2. The number of carbonyl (C=O) groups excluding carboxylic acids is 2. The summed E-state index contributed by atoms with van der Waals surface area (Å²) >= 11 is 3.24. The third-order valence-corrected chi connectivity index (χ3v) is 4.75. The Morgan fingerprint density at radius 2 is 1.91 bits per heavy atom. The Labute approximate surface area is 144 Å².